The number of nitrogens with one attached hydrogen (secondary N) is 7. The molecule has 3 aromatic rings. The van der Waals surface area contributed by atoms with E-state index in [1.165, 1.54) is 18.5 Å². The van der Waals surface area contributed by atoms with E-state index in [1.54, 1.807) is 13.0 Å². The molecular weight excluding hydrogens is 1170 g/mol. The van der Waals surface area contributed by atoms with Crippen LogP contribution in [-0.4, -0.2) is 218 Å². The summed E-state index contributed by atoms with van der Waals surface area (Å²) < 4.78 is 38.5. The molecule has 462 valence electrons. The van der Waals surface area contributed by atoms with Crippen LogP contribution in [0.25, 0.3) is 22.3 Å². The van der Waals surface area contributed by atoms with E-state index in [-0.39, 0.29) is 118 Å². The number of benzene rings is 1. The number of amides is 5. The Labute approximate surface area is 492 Å². The third kappa shape index (κ3) is 19.5. The smallest absolute Gasteiger partial charge is 0.355 e. The van der Waals surface area contributed by atoms with Crippen LogP contribution in [-0.2, 0) is 91.8 Å². The molecule has 1 aromatic carbocycles. The first kappa shape index (κ1) is 68.3. The fourth-order valence-electron chi connectivity index (χ4n) is 8.38. The van der Waals surface area contributed by atoms with Gasteiger partial charge in [0.15, 0.2) is 11.5 Å². The lowest BCUT2D eigenvalue weighted by atomic mass is 9.85. The number of hydrogen-bond acceptors (Lipinski definition) is 23. The summed E-state index contributed by atoms with van der Waals surface area (Å²) in [4.78, 5) is 132. The standard InChI is InChI=1S/C52H71N9O20S3/c1-4-52(33-21-37-42-31(20-30-8-5-6-9-34(30)60-42)23-61(37)48(72)32(33)24-80-51(52)76)81-41(66)22-57-46(70)35(59-38(63)11-19-79-17-7-16-78-18-10-29(2)62)25-82-27-39(64)54-12-13-56-47(71)44(68)43(67)45(69)50(75)84(77)58-15-14-55-40(65)28-83-26-36(53-3)49(73)74/h5-6,8-9,20-21,35-36,43-45,50,53,58,67-69,75H,4,7,10-19,22-28H2,1-3H3,(H,54,64)(H,55,65)(H,56,71)(H,57,70)(H,59,63)(H,73,74)/t35?,36?,43-,44-,45-,50-,52-,84?/m0/s1. The molecule has 0 spiro atoms. The van der Waals surface area contributed by atoms with Gasteiger partial charge in [0.2, 0.25) is 29.2 Å². The number of likely N-dealkylation sites (N-methyl/N-ethyl adjacent to an activating group) is 1. The number of Topliss-reactive ketones (excluding diaryl/α,β-unsaturated/α-hetero) is 1. The number of cyclic esters (lactones) is 1. The van der Waals surface area contributed by atoms with Gasteiger partial charge >= 0.3 is 17.9 Å². The summed E-state index contributed by atoms with van der Waals surface area (Å²) in [6, 6.07) is 8.74. The van der Waals surface area contributed by atoms with Crippen LogP contribution in [0.3, 0.4) is 0 Å². The number of fused-ring (bicyclic) bond motifs is 5. The Morgan fingerprint density at radius 1 is 0.810 bits per heavy atom. The van der Waals surface area contributed by atoms with Gasteiger partial charge < -0.3 is 80.9 Å². The van der Waals surface area contributed by atoms with Crippen molar-refractivity contribution in [1.82, 2.24) is 46.2 Å². The topological polar surface area (TPSA) is 428 Å². The number of esters is 2. The maximum atomic E-state index is 14.0. The highest BCUT2D eigenvalue weighted by atomic mass is 32.2. The maximum absolute atomic E-state index is 14.0. The quantitative estimate of drug-likeness (QED) is 0.0151. The van der Waals surface area contributed by atoms with Crippen molar-refractivity contribution in [3.8, 4) is 11.4 Å². The van der Waals surface area contributed by atoms with Crippen LogP contribution >= 0.6 is 23.5 Å². The van der Waals surface area contributed by atoms with Gasteiger partial charge in [-0.05, 0) is 45.0 Å². The number of aliphatic hydroxyl groups is 4. The minimum absolute atomic E-state index is 0.00901. The number of aliphatic hydroxyl groups excluding tert-OH is 4. The third-order valence-electron chi connectivity index (χ3n) is 13.0. The number of para-hydroxylation sites is 1. The molecule has 3 unspecified atom stereocenters. The van der Waals surface area contributed by atoms with Crippen molar-refractivity contribution in [3.05, 3.63) is 63.4 Å². The molecule has 4 heterocycles. The minimum Gasteiger partial charge on any atom is -0.480 e. The number of carbonyl (C=O) groups is 9. The third-order valence-corrected chi connectivity index (χ3v) is 16.2. The first-order valence-corrected chi connectivity index (χ1v) is 30.1. The van der Waals surface area contributed by atoms with Crippen LogP contribution in [0.2, 0.25) is 0 Å². The van der Waals surface area contributed by atoms with E-state index >= 15 is 0 Å². The predicted molar refractivity (Wildman–Crippen MR) is 304 cm³/mol. The Morgan fingerprint density at radius 2 is 1.45 bits per heavy atom. The highest BCUT2D eigenvalue weighted by Gasteiger charge is 2.50. The number of ketones is 1. The van der Waals surface area contributed by atoms with Gasteiger partial charge in [-0.15, -0.1) is 23.5 Å². The van der Waals surface area contributed by atoms with E-state index in [2.05, 4.69) is 36.6 Å². The summed E-state index contributed by atoms with van der Waals surface area (Å²) in [7, 11) is -0.993. The van der Waals surface area contributed by atoms with Crippen molar-refractivity contribution in [3.63, 3.8) is 0 Å². The number of rotatable bonds is 38. The summed E-state index contributed by atoms with van der Waals surface area (Å²) in [6.07, 6.45) is -6.59. The van der Waals surface area contributed by atoms with Gasteiger partial charge in [-0.3, -0.25) is 43.2 Å². The second-order valence-electron chi connectivity index (χ2n) is 19.1. The monoisotopic (exact) mass is 1240 g/mol. The predicted octanol–water partition coefficient (Wildman–Crippen LogP) is -3.83. The molecular formula is C52H71N9O20S3. The van der Waals surface area contributed by atoms with Crippen LogP contribution in [0.4, 0.5) is 0 Å². The summed E-state index contributed by atoms with van der Waals surface area (Å²) in [5.74, 6) is -7.42. The number of aromatic nitrogens is 2. The molecule has 32 heteroatoms. The zero-order valence-electron chi connectivity index (χ0n) is 46.3. The van der Waals surface area contributed by atoms with E-state index in [1.807, 2.05) is 30.3 Å². The normalized spacial score (nSPS) is 16.7. The SMILES string of the molecule is CC[C@@]1(OC(=O)CNC(=O)C(CSCC(=O)NCCNC(=O)[C@@H](O)[C@H](O)[C@H](O)[C@@H](O)S(=O)NCCNC(=O)CSCC(NC)C(=O)O)NC(=O)CCOCCCOCCC(C)=O)C(=O)OCc2c1cc1n(c2=O)Cc2cc3ccccc3nc2-1. The maximum Gasteiger partial charge on any atom is 0.355 e. The highest BCUT2D eigenvalue weighted by molar-refractivity contribution is 8.00. The zero-order valence-corrected chi connectivity index (χ0v) is 48.8. The molecule has 0 bridgehead atoms. The number of aliphatic carboxylic acids is 1. The average molecular weight is 1240 g/mol. The second kappa shape index (κ2) is 33.9. The number of carboxylic acids is 1. The molecule has 0 saturated carbocycles. The summed E-state index contributed by atoms with van der Waals surface area (Å²) in [6.45, 7) is 1.98. The van der Waals surface area contributed by atoms with Crippen molar-refractivity contribution < 1.29 is 91.8 Å². The number of thioether (sulfide) groups is 2. The molecule has 0 fully saturated rings. The number of pyridine rings is 2. The number of hydrogen-bond donors (Lipinski definition) is 12. The van der Waals surface area contributed by atoms with Crippen LogP contribution in [0, 0.1) is 0 Å². The van der Waals surface area contributed by atoms with Gasteiger partial charge in [0.05, 0.1) is 53.7 Å². The highest BCUT2D eigenvalue weighted by Crippen LogP contribution is 2.41. The summed E-state index contributed by atoms with van der Waals surface area (Å²) in [5, 5.41) is 66.0. The van der Waals surface area contributed by atoms with Gasteiger partial charge in [-0.2, -0.15) is 0 Å². The first-order valence-electron chi connectivity index (χ1n) is 26.6. The molecule has 84 heavy (non-hydrogen) atoms. The molecule has 0 aliphatic carbocycles. The Morgan fingerprint density at radius 3 is 2.11 bits per heavy atom. The van der Waals surface area contributed by atoms with Crippen molar-refractivity contribution in [2.75, 3.05) is 89.2 Å². The average Bonchev–Trinajstić information content (AvgIpc) is 1.58. The van der Waals surface area contributed by atoms with E-state index in [0.29, 0.717) is 29.9 Å². The van der Waals surface area contributed by atoms with Crippen molar-refractivity contribution >= 4 is 98.6 Å². The lowest BCUT2D eigenvalue weighted by Gasteiger charge is -2.35. The first-order chi connectivity index (χ1) is 40.1. The zero-order chi connectivity index (χ0) is 61.5. The Balaban J connectivity index is 1.10. The van der Waals surface area contributed by atoms with Crippen LogP contribution in [0.15, 0.2) is 41.2 Å². The molecule has 8 atom stereocenters. The van der Waals surface area contributed by atoms with E-state index in [0.717, 1.165) is 34.5 Å². The van der Waals surface area contributed by atoms with E-state index < -0.39 is 112 Å². The fraction of sp³-hybridized carbons (Fsp3) is 0.558. The number of carbonyl (C=O) groups excluding carboxylic acids is 8. The molecule has 5 rings (SSSR count). The van der Waals surface area contributed by atoms with Crippen LogP contribution < -0.4 is 42.2 Å². The molecule has 5 amide bonds. The molecule has 0 radical (unpaired) electrons. The largest absolute Gasteiger partial charge is 0.480 e. The lowest BCUT2D eigenvalue weighted by Crippen LogP contribution is -2.53. The molecule has 2 aromatic heterocycles. The van der Waals surface area contributed by atoms with Gasteiger partial charge in [-0.1, -0.05) is 25.1 Å². The molecule has 2 aliphatic rings. The van der Waals surface area contributed by atoms with Crippen LogP contribution in [0.5, 0.6) is 0 Å². The van der Waals surface area contributed by atoms with Crippen LogP contribution in [0.1, 0.15) is 56.2 Å². The molecule has 12 N–H and O–H groups in total. The Kier molecular flexibility index (Phi) is 27.6. The minimum atomic E-state index is -2.46. The Hall–Kier alpha value is -6.46. The van der Waals surface area contributed by atoms with Gasteiger partial charge in [-0.25, -0.2) is 18.7 Å². The van der Waals surface area contributed by atoms with Gasteiger partial charge in [0.25, 0.3) is 11.5 Å². The fourth-order valence-corrected chi connectivity index (χ4v) is 11.1. The summed E-state index contributed by atoms with van der Waals surface area (Å²) >= 11 is 1.95. The molecule has 2 aliphatic heterocycles. The van der Waals surface area contributed by atoms with Crippen molar-refractivity contribution in [1.29, 1.82) is 0 Å². The summed E-state index contributed by atoms with van der Waals surface area (Å²) in [5.41, 5.74) is -2.16. The molecule has 29 nitrogen and oxygen atoms in total. The number of nitrogens with zero attached hydrogens (tertiary/aromatic N) is 2. The van der Waals surface area contributed by atoms with Gasteiger partial charge in [0, 0.05) is 80.3 Å². The van der Waals surface area contributed by atoms with Gasteiger partial charge in [0.1, 0.15) is 54.2 Å². The van der Waals surface area contributed by atoms with Crippen molar-refractivity contribution in [2.24, 2.45) is 0 Å². The number of carboxylic acid groups (broad SMARTS) is 1. The lowest BCUT2D eigenvalue weighted by molar-refractivity contribution is -0.189. The second-order valence-corrected chi connectivity index (χ2v) is 22.5. The van der Waals surface area contributed by atoms with E-state index in [9.17, 15) is 72.6 Å². The van der Waals surface area contributed by atoms with Crippen molar-refractivity contribution in [2.45, 2.75) is 94.1 Å². The Bertz CT molecular complexity index is 2940. The molecule has 0 saturated heterocycles. The van der Waals surface area contributed by atoms with E-state index in [4.69, 9.17) is 29.0 Å². The number of ether oxygens (including phenoxy) is 4.